The van der Waals surface area contributed by atoms with Gasteiger partial charge in [-0.2, -0.15) is 0 Å². The van der Waals surface area contributed by atoms with Gasteiger partial charge in [-0.05, 0) is 96.3 Å². The second-order valence-electron chi connectivity index (χ2n) is 17.0. The number of hydrogen-bond acceptors (Lipinski definition) is 6. The Hall–Kier alpha value is -2.89. The first-order valence-electron chi connectivity index (χ1n) is 25.8. The van der Waals surface area contributed by atoms with Crippen molar-refractivity contribution in [3.63, 3.8) is 0 Å². The summed E-state index contributed by atoms with van der Waals surface area (Å²) in [4.78, 5) is 37.9. The minimum absolute atomic E-state index is 0.0858. The van der Waals surface area contributed by atoms with Crippen LogP contribution in [0.15, 0.2) is 60.8 Å². The highest BCUT2D eigenvalue weighted by molar-refractivity contribution is 5.71. The quantitative estimate of drug-likeness (QED) is 0.0263. The summed E-state index contributed by atoms with van der Waals surface area (Å²) in [7, 11) is 0. The Morgan fingerprint density at radius 2 is 0.656 bits per heavy atom. The molecule has 6 nitrogen and oxygen atoms in total. The van der Waals surface area contributed by atoms with Crippen LogP contribution in [0.5, 0.6) is 0 Å². The number of carbonyl (C=O) groups is 3. The molecule has 0 bridgehead atoms. The Kier molecular flexibility index (Phi) is 47.4. The van der Waals surface area contributed by atoms with Gasteiger partial charge < -0.3 is 14.2 Å². The summed E-state index contributed by atoms with van der Waals surface area (Å²) >= 11 is 0. The molecule has 0 heterocycles. The van der Waals surface area contributed by atoms with Crippen molar-refractivity contribution < 1.29 is 28.6 Å². The first-order valence-corrected chi connectivity index (χ1v) is 25.8. The molecule has 0 saturated carbocycles. The van der Waals surface area contributed by atoms with E-state index >= 15 is 0 Å². The van der Waals surface area contributed by atoms with Gasteiger partial charge in [0.05, 0.1) is 0 Å². The zero-order valence-electron chi connectivity index (χ0n) is 40.2. The molecule has 1 atom stereocenters. The lowest BCUT2D eigenvalue weighted by molar-refractivity contribution is -0.167. The minimum Gasteiger partial charge on any atom is -0.462 e. The first-order chi connectivity index (χ1) is 30.0. The van der Waals surface area contributed by atoms with Crippen LogP contribution in [0.3, 0.4) is 0 Å². The normalized spacial score (nSPS) is 12.5. The number of unbranched alkanes of at least 4 members (excludes halogenated alkanes) is 25. The molecule has 0 aliphatic carbocycles. The molecule has 0 saturated heterocycles. The molecule has 0 N–H and O–H groups in total. The van der Waals surface area contributed by atoms with E-state index in [0.717, 1.165) is 103 Å². The van der Waals surface area contributed by atoms with Gasteiger partial charge in [-0.25, -0.2) is 0 Å². The minimum atomic E-state index is -0.785. The lowest BCUT2D eigenvalue weighted by Gasteiger charge is -2.18. The Labute approximate surface area is 377 Å². The van der Waals surface area contributed by atoms with Crippen LogP contribution in [0, 0.1) is 0 Å². The molecule has 0 aromatic heterocycles. The Morgan fingerprint density at radius 1 is 0.344 bits per heavy atom. The van der Waals surface area contributed by atoms with E-state index in [2.05, 4.69) is 81.5 Å². The van der Waals surface area contributed by atoms with Crippen LogP contribution in [0.25, 0.3) is 0 Å². The van der Waals surface area contributed by atoms with Crippen LogP contribution in [0.1, 0.15) is 252 Å². The van der Waals surface area contributed by atoms with Gasteiger partial charge in [0.25, 0.3) is 0 Å². The van der Waals surface area contributed by atoms with Crippen LogP contribution >= 0.6 is 0 Å². The van der Waals surface area contributed by atoms with Crippen LogP contribution in [0.2, 0.25) is 0 Å². The maximum atomic E-state index is 12.8. The van der Waals surface area contributed by atoms with Crippen molar-refractivity contribution >= 4 is 17.9 Å². The van der Waals surface area contributed by atoms with Gasteiger partial charge >= 0.3 is 17.9 Å². The van der Waals surface area contributed by atoms with Crippen molar-refractivity contribution in [3.05, 3.63) is 60.8 Å². The summed E-state index contributed by atoms with van der Waals surface area (Å²) in [6, 6.07) is 0. The van der Waals surface area contributed by atoms with Crippen molar-refractivity contribution in [1.82, 2.24) is 0 Å². The van der Waals surface area contributed by atoms with Gasteiger partial charge in [-0.3, -0.25) is 14.4 Å². The van der Waals surface area contributed by atoms with Crippen molar-refractivity contribution in [3.8, 4) is 0 Å². The van der Waals surface area contributed by atoms with E-state index < -0.39 is 6.10 Å². The third-order valence-corrected chi connectivity index (χ3v) is 11.0. The monoisotopic (exact) mass is 853 g/mol. The molecule has 0 aliphatic rings. The highest BCUT2D eigenvalue weighted by Crippen LogP contribution is 2.14. The molecule has 61 heavy (non-hydrogen) atoms. The number of ether oxygens (including phenoxy) is 3. The van der Waals surface area contributed by atoms with Gasteiger partial charge in [-0.15, -0.1) is 0 Å². The summed E-state index contributed by atoms with van der Waals surface area (Å²) in [5, 5.41) is 0. The van der Waals surface area contributed by atoms with E-state index in [4.69, 9.17) is 14.2 Å². The zero-order valence-corrected chi connectivity index (χ0v) is 40.2. The highest BCUT2D eigenvalue weighted by Gasteiger charge is 2.19. The van der Waals surface area contributed by atoms with E-state index in [1.807, 2.05) is 0 Å². The Bertz CT molecular complexity index is 1120. The van der Waals surface area contributed by atoms with Gasteiger partial charge in [0.2, 0.25) is 0 Å². The Balaban J connectivity index is 4.39. The molecule has 352 valence electrons. The number of rotatable bonds is 46. The number of hydrogen-bond donors (Lipinski definition) is 0. The van der Waals surface area contributed by atoms with Crippen molar-refractivity contribution in [1.29, 1.82) is 0 Å². The van der Waals surface area contributed by atoms with Crippen molar-refractivity contribution in [2.24, 2.45) is 0 Å². The molecule has 0 unspecified atom stereocenters. The smallest absolute Gasteiger partial charge is 0.306 e. The lowest BCUT2D eigenvalue weighted by atomic mass is 10.1. The fraction of sp³-hybridized carbons (Fsp3) is 0.764. The summed E-state index contributed by atoms with van der Waals surface area (Å²) in [6.45, 7) is 6.46. The van der Waals surface area contributed by atoms with Crippen LogP contribution in [0.4, 0.5) is 0 Å². The maximum absolute atomic E-state index is 12.8. The summed E-state index contributed by atoms with van der Waals surface area (Å²) < 4.78 is 16.8. The average Bonchev–Trinajstić information content (AvgIpc) is 3.26. The Morgan fingerprint density at radius 3 is 1.07 bits per heavy atom. The second kappa shape index (κ2) is 49.8. The molecular formula is C55H96O6. The third-order valence-electron chi connectivity index (χ3n) is 11.0. The van der Waals surface area contributed by atoms with Gasteiger partial charge in [0.1, 0.15) is 13.2 Å². The molecule has 6 heteroatoms. The number of carbonyl (C=O) groups excluding carboxylic acids is 3. The third kappa shape index (κ3) is 48.0. The van der Waals surface area contributed by atoms with Crippen LogP contribution < -0.4 is 0 Å². The maximum Gasteiger partial charge on any atom is 0.306 e. The average molecular weight is 853 g/mol. The predicted octanol–water partition coefficient (Wildman–Crippen LogP) is 16.9. The topological polar surface area (TPSA) is 78.9 Å². The highest BCUT2D eigenvalue weighted by atomic mass is 16.6. The molecule has 0 aromatic carbocycles. The largest absolute Gasteiger partial charge is 0.462 e. The molecule has 0 radical (unpaired) electrons. The number of esters is 3. The second-order valence-corrected chi connectivity index (χ2v) is 17.0. The summed E-state index contributed by atoms with van der Waals surface area (Å²) in [5.74, 6) is -0.913. The summed E-state index contributed by atoms with van der Waals surface area (Å²) in [5.41, 5.74) is 0. The van der Waals surface area contributed by atoms with Crippen molar-refractivity contribution in [2.45, 2.75) is 258 Å². The number of allylic oxidation sites excluding steroid dienone is 10. The van der Waals surface area contributed by atoms with Gasteiger partial charge in [0, 0.05) is 19.3 Å². The standard InChI is InChI=1S/C55H96O6/c1-4-7-10-13-16-19-22-24-26-27-29-31-34-37-40-43-46-49-55(58)61-52(50-59-53(56)47-44-41-38-35-32-21-18-15-12-9-6-3)51-60-54(57)48-45-42-39-36-33-30-28-25-23-20-17-14-11-8-5-2/h8,11,15,17-18,20,24-26,28,52H,4-7,9-10,12-14,16,19,21-23,27,29-51H2,1-3H3/b11-8-,18-15-,20-17-,26-24-,28-25-/t52-/m0/s1. The molecule has 0 aliphatic heterocycles. The van der Waals surface area contributed by atoms with E-state index in [1.165, 1.54) is 109 Å². The molecule has 0 spiro atoms. The molecule has 0 aromatic rings. The zero-order chi connectivity index (χ0) is 44.4. The molecule has 0 amide bonds. The van der Waals surface area contributed by atoms with Crippen LogP contribution in [-0.4, -0.2) is 37.2 Å². The van der Waals surface area contributed by atoms with E-state index in [-0.39, 0.29) is 31.1 Å². The van der Waals surface area contributed by atoms with E-state index in [0.29, 0.717) is 19.3 Å². The SMILES string of the molecule is CC/C=C\C/C=C\C/C=C\CCCCCCCC(=O)OC[C@H](COC(=O)CCCCCCC/C=C\CCCC)OC(=O)CCCCCCCCC/C=C\CCCCCCCC. The van der Waals surface area contributed by atoms with Gasteiger partial charge in [0.15, 0.2) is 6.10 Å². The molecule has 0 fully saturated rings. The first kappa shape index (κ1) is 58.1. The molecular weight excluding hydrogens is 757 g/mol. The van der Waals surface area contributed by atoms with E-state index in [9.17, 15) is 14.4 Å². The fourth-order valence-corrected chi connectivity index (χ4v) is 7.08. The van der Waals surface area contributed by atoms with Crippen molar-refractivity contribution in [2.75, 3.05) is 13.2 Å². The summed E-state index contributed by atoms with van der Waals surface area (Å²) in [6.07, 6.45) is 60.6. The lowest BCUT2D eigenvalue weighted by Crippen LogP contribution is -2.30. The van der Waals surface area contributed by atoms with Crippen LogP contribution in [-0.2, 0) is 28.6 Å². The molecule has 0 rings (SSSR count). The van der Waals surface area contributed by atoms with E-state index in [1.54, 1.807) is 0 Å². The van der Waals surface area contributed by atoms with Gasteiger partial charge in [-0.1, -0.05) is 197 Å². The fourth-order valence-electron chi connectivity index (χ4n) is 7.08. The predicted molar refractivity (Wildman–Crippen MR) is 261 cm³/mol.